The molecule has 0 radical (unpaired) electrons. The summed E-state index contributed by atoms with van der Waals surface area (Å²) < 4.78 is 1.91. The molecule has 0 saturated carbocycles. The van der Waals surface area contributed by atoms with Crippen LogP contribution >= 0.6 is 11.3 Å². The van der Waals surface area contributed by atoms with Crippen LogP contribution in [0.25, 0.3) is 15.9 Å². The van der Waals surface area contributed by atoms with Crippen molar-refractivity contribution in [2.24, 2.45) is 5.92 Å². The Bertz CT molecular complexity index is 984. The SMILES string of the molecule is CNC(=O)C1CCN(C(=O)c2cc3c(C)nn(-c4ccccc4)c3s2)CC1. The highest BCUT2D eigenvalue weighted by Gasteiger charge is 2.28. The van der Waals surface area contributed by atoms with E-state index in [-0.39, 0.29) is 17.7 Å². The second-order valence-electron chi connectivity index (χ2n) is 6.84. The lowest BCUT2D eigenvalue weighted by Crippen LogP contribution is -2.42. The highest BCUT2D eigenvalue weighted by molar-refractivity contribution is 7.20. The Kier molecular flexibility index (Phi) is 4.70. The van der Waals surface area contributed by atoms with E-state index in [0.29, 0.717) is 25.9 Å². The summed E-state index contributed by atoms with van der Waals surface area (Å²) in [6.45, 7) is 3.21. The molecule has 27 heavy (non-hydrogen) atoms. The van der Waals surface area contributed by atoms with Gasteiger partial charge in [0.15, 0.2) is 0 Å². The first-order chi connectivity index (χ1) is 13.1. The van der Waals surface area contributed by atoms with E-state index < -0.39 is 0 Å². The Balaban J connectivity index is 1.58. The molecular weight excluding hydrogens is 360 g/mol. The van der Waals surface area contributed by atoms with Gasteiger partial charge in [-0.3, -0.25) is 9.59 Å². The molecule has 140 valence electrons. The molecule has 1 fully saturated rings. The maximum atomic E-state index is 13.0. The fourth-order valence-corrected chi connectivity index (χ4v) is 4.75. The van der Waals surface area contributed by atoms with Gasteiger partial charge in [-0.15, -0.1) is 11.3 Å². The van der Waals surface area contributed by atoms with E-state index in [9.17, 15) is 9.59 Å². The van der Waals surface area contributed by atoms with Crippen molar-refractivity contribution in [3.05, 3.63) is 47.0 Å². The molecule has 1 aromatic carbocycles. The van der Waals surface area contributed by atoms with E-state index in [1.54, 1.807) is 7.05 Å². The summed E-state index contributed by atoms with van der Waals surface area (Å²) in [6.07, 6.45) is 1.43. The molecule has 2 amide bonds. The van der Waals surface area contributed by atoms with Gasteiger partial charge in [0.2, 0.25) is 5.91 Å². The van der Waals surface area contributed by atoms with Crippen LogP contribution in [0, 0.1) is 12.8 Å². The van der Waals surface area contributed by atoms with Gasteiger partial charge in [-0.05, 0) is 38.0 Å². The zero-order chi connectivity index (χ0) is 19.0. The van der Waals surface area contributed by atoms with E-state index >= 15 is 0 Å². The Hall–Kier alpha value is -2.67. The second kappa shape index (κ2) is 7.15. The van der Waals surface area contributed by atoms with Crippen LogP contribution in [0.5, 0.6) is 0 Å². The molecular formula is C20H22N4O2S. The summed E-state index contributed by atoms with van der Waals surface area (Å²) in [5.41, 5.74) is 1.91. The maximum absolute atomic E-state index is 13.0. The number of fused-ring (bicyclic) bond motifs is 1. The van der Waals surface area contributed by atoms with Gasteiger partial charge >= 0.3 is 0 Å². The van der Waals surface area contributed by atoms with Gasteiger partial charge in [-0.1, -0.05) is 18.2 Å². The second-order valence-corrected chi connectivity index (χ2v) is 7.87. The van der Waals surface area contributed by atoms with Crippen LogP contribution in [0.15, 0.2) is 36.4 Å². The van der Waals surface area contributed by atoms with Crippen LogP contribution < -0.4 is 5.32 Å². The molecule has 1 aliphatic heterocycles. The van der Waals surface area contributed by atoms with Gasteiger partial charge in [0.25, 0.3) is 5.91 Å². The quantitative estimate of drug-likeness (QED) is 0.757. The van der Waals surface area contributed by atoms with E-state index in [2.05, 4.69) is 10.4 Å². The van der Waals surface area contributed by atoms with Gasteiger partial charge < -0.3 is 10.2 Å². The number of rotatable bonds is 3. The van der Waals surface area contributed by atoms with Crippen molar-refractivity contribution < 1.29 is 9.59 Å². The Labute approximate surface area is 161 Å². The van der Waals surface area contributed by atoms with Crippen molar-refractivity contribution in [3.63, 3.8) is 0 Å². The number of para-hydroxylation sites is 1. The molecule has 1 aliphatic rings. The predicted octanol–water partition coefficient (Wildman–Crippen LogP) is 2.99. The first-order valence-electron chi connectivity index (χ1n) is 9.14. The number of piperidine rings is 1. The minimum atomic E-state index is 0.00958. The molecule has 0 bridgehead atoms. The third kappa shape index (κ3) is 3.23. The smallest absolute Gasteiger partial charge is 0.264 e. The molecule has 1 saturated heterocycles. The highest BCUT2D eigenvalue weighted by Crippen LogP contribution is 2.31. The molecule has 0 aliphatic carbocycles. The first-order valence-corrected chi connectivity index (χ1v) is 9.95. The van der Waals surface area contributed by atoms with Crippen LogP contribution in [-0.2, 0) is 4.79 Å². The van der Waals surface area contributed by atoms with Crippen molar-refractivity contribution >= 4 is 33.4 Å². The molecule has 0 atom stereocenters. The summed E-state index contributed by atoms with van der Waals surface area (Å²) in [5, 5.41) is 8.35. The fourth-order valence-electron chi connectivity index (χ4n) is 3.60. The predicted molar refractivity (Wildman–Crippen MR) is 106 cm³/mol. The van der Waals surface area contributed by atoms with Crippen molar-refractivity contribution in [2.45, 2.75) is 19.8 Å². The van der Waals surface area contributed by atoms with E-state index in [1.165, 1.54) is 11.3 Å². The molecule has 6 nitrogen and oxygen atoms in total. The molecule has 7 heteroatoms. The number of aryl methyl sites for hydroxylation is 1. The van der Waals surface area contributed by atoms with Gasteiger partial charge in [0.05, 0.1) is 16.3 Å². The lowest BCUT2D eigenvalue weighted by Gasteiger charge is -2.30. The number of carbonyl (C=O) groups excluding carboxylic acids is 2. The molecule has 0 spiro atoms. The number of thiophene rings is 1. The molecule has 3 heterocycles. The van der Waals surface area contributed by atoms with Crippen LogP contribution in [0.3, 0.4) is 0 Å². The zero-order valence-electron chi connectivity index (χ0n) is 15.4. The number of nitrogens with zero attached hydrogens (tertiary/aromatic N) is 3. The van der Waals surface area contributed by atoms with E-state index in [1.807, 2.05) is 52.9 Å². The Morgan fingerprint density at radius 3 is 2.56 bits per heavy atom. The minimum Gasteiger partial charge on any atom is -0.359 e. The maximum Gasteiger partial charge on any atom is 0.264 e. The van der Waals surface area contributed by atoms with Crippen molar-refractivity contribution in [1.29, 1.82) is 0 Å². The third-order valence-electron chi connectivity index (χ3n) is 5.16. The number of nitrogens with one attached hydrogen (secondary N) is 1. The molecule has 3 aromatic rings. The average molecular weight is 382 g/mol. The van der Waals surface area contributed by atoms with E-state index in [0.717, 1.165) is 26.5 Å². The lowest BCUT2D eigenvalue weighted by atomic mass is 9.96. The summed E-state index contributed by atoms with van der Waals surface area (Å²) in [5.74, 6) is 0.128. The fraction of sp³-hybridized carbons (Fsp3) is 0.350. The van der Waals surface area contributed by atoms with Gasteiger partial charge in [-0.25, -0.2) is 4.68 Å². The van der Waals surface area contributed by atoms with Crippen LogP contribution in [0.4, 0.5) is 0 Å². The van der Waals surface area contributed by atoms with Gasteiger partial charge in [0.1, 0.15) is 4.83 Å². The Morgan fingerprint density at radius 1 is 1.19 bits per heavy atom. The largest absolute Gasteiger partial charge is 0.359 e. The topological polar surface area (TPSA) is 67.2 Å². The van der Waals surface area contributed by atoms with Crippen molar-refractivity contribution in [2.75, 3.05) is 20.1 Å². The number of hydrogen-bond acceptors (Lipinski definition) is 4. The number of hydrogen-bond donors (Lipinski definition) is 1. The minimum absolute atomic E-state index is 0.00958. The monoisotopic (exact) mass is 382 g/mol. The normalized spacial score (nSPS) is 15.3. The number of benzene rings is 1. The standard InChI is InChI=1S/C20H22N4O2S/c1-13-16-12-17(19(26)23-10-8-14(9-11-23)18(25)21-2)27-20(16)24(22-13)15-6-4-3-5-7-15/h3-7,12,14H,8-11H2,1-2H3,(H,21,25). The van der Waals surface area contributed by atoms with Crippen LogP contribution in [0.1, 0.15) is 28.2 Å². The van der Waals surface area contributed by atoms with Crippen molar-refractivity contribution in [1.82, 2.24) is 20.0 Å². The van der Waals surface area contributed by atoms with Crippen LogP contribution in [0.2, 0.25) is 0 Å². The van der Waals surface area contributed by atoms with Crippen molar-refractivity contribution in [3.8, 4) is 5.69 Å². The summed E-state index contributed by atoms with van der Waals surface area (Å²) in [7, 11) is 1.66. The molecule has 0 unspecified atom stereocenters. The highest BCUT2D eigenvalue weighted by atomic mass is 32.1. The number of likely N-dealkylation sites (tertiary alicyclic amines) is 1. The number of amides is 2. The van der Waals surface area contributed by atoms with Gasteiger partial charge in [-0.2, -0.15) is 5.10 Å². The number of aromatic nitrogens is 2. The third-order valence-corrected chi connectivity index (χ3v) is 6.25. The summed E-state index contributed by atoms with van der Waals surface area (Å²) >= 11 is 1.48. The molecule has 2 aromatic heterocycles. The lowest BCUT2D eigenvalue weighted by molar-refractivity contribution is -0.125. The van der Waals surface area contributed by atoms with Gasteiger partial charge in [0, 0.05) is 31.4 Å². The average Bonchev–Trinajstić information content (AvgIpc) is 3.28. The first kappa shape index (κ1) is 17.7. The van der Waals surface area contributed by atoms with Crippen LogP contribution in [-0.4, -0.2) is 46.6 Å². The molecule has 1 N–H and O–H groups in total. The number of carbonyl (C=O) groups is 2. The molecule has 4 rings (SSSR count). The van der Waals surface area contributed by atoms with E-state index in [4.69, 9.17) is 0 Å². The Morgan fingerprint density at radius 2 is 1.89 bits per heavy atom. The summed E-state index contributed by atoms with van der Waals surface area (Å²) in [6, 6.07) is 11.9. The zero-order valence-corrected chi connectivity index (χ0v) is 16.3. The summed E-state index contributed by atoms with van der Waals surface area (Å²) in [4.78, 5) is 28.3.